The van der Waals surface area contributed by atoms with Gasteiger partial charge in [-0.1, -0.05) is 0 Å². The van der Waals surface area contributed by atoms with Crippen LogP contribution in [0, 0.1) is 28.6 Å². The van der Waals surface area contributed by atoms with Crippen LogP contribution in [-0.4, -0.2) is 34.4 Å². The zero-order chi connectivity index (χ0) is 17.6. The molecule has 0 aromatic heterocycles. The van der Waals surface area contributed by atoms with E-state index in [1.165, 1.54) is 12.2 Å². The first-order valence-electron chi connectivity index (χ1n) is 8.77. The molecule has 0 aromatic carbocycles. The summed E-state index contributed by atoms with van der Waals surface area (Å²) in [6.45, 7) is 0. The summed E-state index contributed by atoms with van der Waals surface area (Å²) in [7, 11) is 0. The van der Waals surface area contributed by atoms with Crippen molar-refractivity contribution < 1.29 is 28.8 Å². The Morgan fingerprint density at radius 2 is 1.48 bits per heavy atom. The Hall–Kier alpha value is -2.31. The number of hydrogen-bond acceptors (Lipinski definition) is 6. The van der Waals surface area contributed by atoms with Gasteiger partial charge in [0.15, 0.2) is 11.6 Å². The van der Waals surface area contributed by atoms with E-state index in [0.717, 1.165) is 12.8 Å². The molecule has 4 aliphatic carbocycles. The van der Waals surface area contributed by atoms with Crippen LogP contribution in [0.25, 0.3) is 0 Å². The molecule has 4 fully saturated rings. The fourth-order valence-corrected chi connectivity index (χ4v) is 5.69. The van der Waals surface area contributed by atoms with Gasteiger partial charge in [-0.05, 0) is 55.1 Å². The van der Waals surface area contributed by atoms with E-state index in [1.54, 1.807) is 0 Å². The van der Waals surface area contributed by atoms with Gasteiger partial charge in [0.05, 0.1) is 5.92 Å². The molecule has 1 saturated heterocycles. The number of imide groups is 1. The first-order valence-corrected chi connectivity index (χ1v) is 8.77. The van der Waals surface area contributed by atoms with Crippen molar-refractivity contribution in [1.29, 1.82) is 0 Å². The predicted molar refractivity (Wildman–Crippen MR) is 80.1 cm³/mol. The average Bonchev–Trinajstić information content (AvgIpc) is 3.42. The predicted octanol–water partition coefficient (Wildman–Crippen LogP) is 0.724. The summed E-state index contributed by atoms with van der Waals surface area (Å²) in [6, 6.07) is 0. The molecule has 2 atom stereocenters. The summed E-state index contributed by atoms with van der Waals surface area (Å²) in [5, 5.41) is 0.595. The Morgan fingerprint density at radius 1 is 0.960 bits per heavy atom. The first kappa shape index (κ1) is 15.0. The number of hydrogen-bond donors (Lipinski definition) is 0. The molecule has 5 rings (SSSR count). The number of fused-ring (bicyclic) bond motifs is 5. The molecule has 2 amide bonds. The Morgan fingerprint density at radius 3 is 2.00 bits per heavy atom. The van der Waals surface area contributed by atoms with Gasteiger partial charge in [0.25, 0.3) is 11.8 Å². The van der Waals surface area contributed by atoms with Gasteiger partial charge < -0.3 is 4.84 Å². The highest BCUT2D eigenvalue weighted by Gasteiger charge is 2.95. The van der Waals surface area contributed by atoms with Gasteiger partial charge in [-0.15, -0.1) is 5.06 Å². The fourth-order valence-electron chi connectivity index (χ4n) is 5.69. The SMILES string of the molecule is O=C(ON1C(=O)CCC1=O)C1CCC2(CC1)C1C2C12C(=O)C=CC2=O. The third-order valence-electron chi connectivity index (χ3n) is 6.97. The zero-order valence-corrected chi connectivity index (χ0v) is 13.5. The van der Waals surface area contributed by atoms with E-state index in [0.29, 0.717) is 17.9 Å². The molecule has 2 spiro atoms. The van der Waals surface area contributed by atoms with Gasteiger partial charge in [-0.2, -0.15) is 0 Å². The van der Waals surface area contributed by atoms with E-state index in [2.05, 4.69) is 0 Å². The molecule has 1 aliphatic heterocycles. The van der Waals surface area contributed by atoms with Crippen LogP contribution in [0.1, 0.15) is 38.5 Å². The van der Waals surface area contributed by atoms with Gasteiger partial charge in [0, 0.05) is 12.8 Å². The van der Waals surface area contributed by atoms with Gasteiger partial charge in [-0.3, -0.25) is 19.2 Å². The van der Waals surface area contributed by atoms with E-state index in [9.17, 15) is 24.0 Å². The Bertz CT molecular complexity index is 739. The minimum absolute atomic E-state index is 0.0351. The summed E-state index contributed by atoms with van der Waals surface area (Å²) in [5.74, 6) is -1.62. The van der Waals surface area contributed by atoms with E-state index < -0.39 is 23.2 Å². The second-order valence-electron chi connectivity index (χ2n) is 7.89. The highest BCUT2D eigenvalue weighted by atomic mass is 16.7. The lowest BCUT2D eigenvalue weighted by atomic mass is 9.66. The molecule has 0 radical (unpaired) electrons. The quantitative estimate of drug-likeness (QED) is 0.541. The third-order valence-corrected chi connectivity index (χ3v) is 6.97. The molecule has 1 heterocycles. The van der Waals surface area contributed by atoms with Crippen molar-refractivity contribution in [2.45, 2.75) is 38.5 Å². The lowest BCUT2D eigenvalue weighted by Crippen LogP contribution is -2.40. The summed E-state index contributed by atoms with van der Waals surface area (Å²) in [6.07, 6.45) is 5.74. The molecule has 0 bridgehead atoms. The van der Waals surface area contributed by atoms with Crippen LogP contribution in [0.3, 0.4) is 0 Å². The summed E-state index contributed by atoms with van der Waals surface area (Å²) < 4.78 is 0. The molecular formula is C18H17NO6. The Kier molecular flexibility index (Phi) is 2.67. The van der Waals surface area contributed by atoms with Crippen LogP contribution in [0.2, 0.25) is 0 Å². The topological polar surface area (TPSA) is 97.8 Å². The molecule has 5 aliphatic rings. The Labute approximate surface area is 143 Å². The number of amides is 2. The van der Waals surface area contributed by atoms with Crippen LogP contribution >= 0.6 is 0 Å². The van der Waals surface area contributed by atoms with E-state index in [1.807, 2.05) is 0 Å². The van der Waals surface area contributed by atoms with E-state index >= 15 is 0 Å². The highest BCUT2D eigenvalue weighted by molar-refractivity contribution is 6.27. The van der Waals surface area contributed by atoms with Gasteiger partial charge >= 0.3 is 5.97 Å². The minimum Gasteiger partial charge on any atom is -0.330 e. The van der Waals surface area contributed by atoms with Crippen LogP contribution in [0.5, 0.6) is 0 Å². The maximum atomic E-state index is 12.2. The first-order chi connectivity index (χ1) is 11.9. The van der Waals surface area contributed by atoms with Crippen LogP contribution in [-0.2, 0) is 28.8 Å². The maximum Gasteiger partial charge on any atom is 0.336 e. The number of nitrogens with zero attached hydrogens (tertiary/aromatic N) is 1. The standard InChI is InChI=1S/C18H17NO6/c20-10-1-2-11(21)18(10)14-15(18)17(14)7-5-9(6-8-17)16(24)25-19-12(22)3-4-13(19)23/h1-2,9,14-15H,3-8H2. The normalized spacial score (nSPS) is 40.2. The second kappa shape index (κ2) is 4.45. The van der Waals surface area contributed by atoms with Crippen molar-refractivity contribution in [1.82, 2.24) is 5.06 Å². The molecule has 2 unspecified atom stereocenters. The summed E-state index contributed by atoms with van der Waals surface area (Å²) in [4.78, 5) is 64.3. The van der Waals surface area contributed by atoms with Crippen molar-refractivity contribution in [3.05, 3.63) is 12.2 Å². The number of ketones is 2. The van der Waals surface area contributed by atoms with Gasteiger partial charge in [0.1, 0.15) is 5.41 Å². The number of carbonyl (C=O) groups excluding carboxylic acids is 5. The van der Waals surface area contributed by atoms with Gasteiger partial charge in [0.2, 0.25) is 0 Å². The van der Waals surface area contributed by atoms with E-state index in [-0.39, 0.29) is 47.6 Å². The minimum atomic E-state index is -0.748. The monoisotopic (exact) mass is 343 g/mol. The van der Waals surface area contributed by atoms with Crippen molar-refractivity contribution >= 4 is 29.4 Å². The average molecular weight is 343 g/mol. The molecular weight excluding hydrogens is 326 g/mol. The highest BCUT2D eigenvalue weighted by Crippen LogP contribution is 2.92. The maximum absolute atomic E-state index is 12.2. The molecule has 0 N–H and O–H groups in total. The van der Waals surface area contributed by atoms with Crippen molar-refractivity contribution in [3.63, 3.8) is 0 Å². The molecule has 7 nitrogen and oxygen atoms in total. The van der Waals surface area contributed by atoms with Crippen molar-refractivity contribution in [3.8, 4) is 0 Å². The Balaban J connectivity index is 1.19. The lowest BCUT2D eigenvalue weighted by molar-refractivity contribution is -0.201. The fraction of sp³-hybridized carbons (Fsp3) is 0.611. The van der Waals surface area contributed by atoms with E-state index in [4.69, 9.17) is 4.84 Å². The zero-order valence-electron chi connectivity index (χ0n) is 13.5. The number of hydroxylamine groups is 2. The van der Waals surface area contributed by atoms with Gasteiger partial charge in [-0.25, -0.2) is 4.79 Å². The molecule has 7 heteroatoms. The molecule has 25 heavy (non-hydrogen) atoms. The third kappa shape index (κ3) is 1.64. The van der Waals surface area contributed by atoms with Crippen molar-refractivity contribution in [2.75, 3.05) is 0 Å². The summed E-state index contributed by atoms with van der Waals surface area (Å²) >= 11 is 0. The van der Waals surface area contributed by atoms with Crippen LogP contribution < -0.4 is 0 Å². The lowest BCUT2D eigenvalue weighted by Gasteiger charge is -2.36. The smallest absolute Gasteiger partial charge is 0.330 e. The largest absolute Gasteiger partial charge is 0.336 e. The van der Waals surface area contributed by atoms with Crippen molar-refractivity contribution in [2.24, 2.45) is 28.6 Å². The molecule has 130 valence electrons. The summed E-state index contributed by atoms with van der Waals surface area (Å²) in [5.41, 5.74) is -0.713. The number of rotatable bonds is 2. The number of allylic oxidation sites excluding steroid dienone is 2. The number of carbonyl (C=O) groups is 5. The molecule has 3 saturated carbocycles. The second-order valence-corrected chi connectivity index (χ2v) is 7.89. The molecule has 0 aromatic rings. The van der Waals surface area contributed by atoms with Crippen LogP contribution in [0.15, 0.2) is 12.2 Å². The van der Waals surface area contributed by atoms with Crippen LogP contribution in [0.4, 0.5) is 0 Å².